The largest absolute Gasteiger partial charge is 0.431 e. The van der Waals surface area contributed by atoms with Crippen LogP contribution in [0.3, 0.4) is 0 Å². The average molecular weight is 334 g/mol. The Morgan fingerprint density at radius 1 is 1.30 bits per heavy atom. The minimum absolute atomic E-state index is 0.00229. The van der Waals surface area contributed by atoms with Crippen molar-refractivity contribution in [1.29, 1.82) is 0 Å². The van der Waals surface area contributed by atoms with Gasteiger partial charge in [-0.2, -0.15) is 13.2 Å². The monoisotopic (exact) mass is 334 g/mol. The van der Waals surface area contributed by atoms with Crippen LogP contribution in [-0.2, 0) is 9.53 Å². The Hall–Kier alpha value is -1.63. The lowest BCUT2D eigenvalue weighted by atomic mass is 9.77. The van der Waals surface area contributed by atoms with E-state index in [1.165, 1.54) is 6.92 Å². The van der Waals surface area contributed by atoms with Crippen LogP contribution in [-0.4, -0.2) is 24.1 Å². The van der Waals surface area contributed by atoms with E-state index in [4.69, 9.17) is 4.74 Å². The summed E-state index contributed by atoms with van der Waals surface area (Å²) in [4.78, 5) is 11.9. The highest BCUT2D eigenvalue weighted by Gasteiger charge is 2.50. The second kappa shape index (κ2) is 6.11. The molecule has 0 radical (unpaired) electrons. The number of Topliss-reactive ketones (excluding diaryl/α,β-unsaturated/α-hetero) is 1. The van der Waals surface area contributed by atoms with E-state index in [0.717, 1.165) is 12.1 Å². The van der Waals surface area contributed by atoms with E-state index in [9.17, 15) is 22.4 Å². The average Bonchev–Trinajstić information content (AvgIpc) is 2.67. The minimum atomic E-state index is -3.31. The van der Waals surface area contributed by atoms with Gasteiger partial charge < -0.3 is 9.47 Å². The van der Waals surface area contributed by atoms with Crippen LogP contribution in [0.15, 0.2) is 12.1 Å². The highest BCUT2D eigenvalue weighted by Crippen LogP contribution is 2.49. The molecule has 0 unspecified atom stereocenters. The number of carbonyl (C=O) groups is 1. The van der Waals surface area contributed by atoms with E-state index in [1.54, 1.807) is 20.8 Å². The number of alkyl halides is 2. The second-order valence-electron chi connectivity index (χ2n) is 6.23. The molecule has 0 bridgehead atoms. The molecule has 1 aliphatic heterocycles. The normalized spacial score (nSPS) is 26.6. The third-order valence-corrected chi connectivity index (χ3v) is 4.44. The van der Waals surface area contributed by atoms with Gasteiger partial charge in [0.1, 0.15) is 6.10 Å². The minimum Gasteiger partial charge on any atom is -0.431 e. The Morgan fingerprint density at radius 3 is 2.43 bits per heavy atom. The number of hydrogen-bond donors (Lipinski definition) is 0. The van der Waals surface area contributed by atoms with Crippen molar-refractivity contribution >= 4 is 5.78 Å². The van der Waals surface area contributed by atoms with Crippen molar-refractivity contribution in [3.63, 3.8) is 0 Å². The molecular formula is C16H18F4O3. The van der Waals surface area contributed by atoms with E-state index in [1.807, 2.05) is 0 Å². The molecule has 1 saturated heterocycles. The van der Waals surface area contributed by atoms with Crippen molar-refractivity contribution in [3.05, 3.63) is 29.3 Å². The summed E-state index contributed by atoms with van der Waals surface area (Å²) in [5.41, 5.74) is -0.726. The van der Waals surface area contributed by atoms with E-state index >= 15 is 0 Å². The van der Waals surface area contributed by atoms with Gasteiger partial charge in [0.2, 0.25) is 5.82 Å². The van der Waals surface area contributed by atoms with Gasteiger partial charge in [0.15, 0.2) is 17.3 Å². The standard InChI is InChI=1S/C16H18F4O3/c1-7-11(13(8(2)21)23-16(7,3)4)9-5-6-10(17)12(18)14(9)22-15(19)20/h5-7,11,13,15H,1-4H3/t7-,11-,13-/m0/s1. The Bertz CT molecular complexity index is 616. The number of hydrogen-bond acceptors (Lipinski definition) is 3. The second-order valence-corrected chi connectivity index (χ2v) is 6.23. The molecule has 1 heterocycles. The van der Waals surface area contributed by atoms with Gasteiger partial charge in [-0.3, -0.25) is 4.79 Å². The smallest absolute Gasteiger partial charge is 0.387 e. The van der Waals surface area contributed by atoms with Crippen molar-refractivity contribution in [2.24, 2.45) is 5.92 Å². The van der Waals surface area contributed by atoms with Gasteiger partial charge in [0, 0.05) is 11.5 Å². The number of rotatable bonds is 4. The molecule has 1 aromatic rings. The first-order chi connectivity index (χ1) is 10.6. The molecule has 7 heteroatoms. The molecule has 0 aromatic heterocycles. The predicted octanol–water partition coefficient (Wildman–Crippen LogP) is 4.05. The van der Waals surface area contributed by atoms with Gasteiger partial charge in [-0.1, -0.05) is 13.0 Å². The van der Waals surface area contributed by atoms with Crippen LogP contribution in [0.25, 0.3) is 0 Å². The third kappa shape index (κ3) is 3.20. The summed E-state index contributed by atoms with van der Waals surface area (Å²) in [7, 11) is 0. The molecule has 0 saturated carbocycles. The Kier molecular flexibility index (Phi) is 4.71. The van der Waals surface area contributed by atoms with Crippen LogP contribution in [0.5, 0.6) is 5.75 Å². The summed E-state index contributed by atoms with van der Waals surface area (Å²) in [5.74, 6) is -5.01. The van der Waals surface area contributed by atoms with Crippen LogP contribution in [0.1, 0.15) is 39.2 Å². The number of ketones is 1. The highest BCUT2D eigenvalue weighted by molar-refractivity contribution is 5.82. The van der Waals surface area contributed by atoms with Crippen LogP contribution < -0.4 is 4.74 Å². The van der Waals surface area contributed by atoms with E-state index < -0.39 is 41.6 Å². The summed E-state index contributed by atoms with van der Waals surface area (Å²) in [6.45, 7) is 3.26. The first kappa shape index (κ1) is 17.7. The van der Waals surface area contributed by atoms with Crippen molar-refractivity contribution in [3.8, 4) is 5.75 Å². The zero-order valence-electron chi connectivity index (χ0n) is 13.2. The van der Waals surface area contributed by atoms with Crippen LogP contribution >= 0.6 is 0 Å². The molecule has 2 rings (SSSR count). The Labute approximate surface area is 131 Å². The molecule has 3 nitrogen and oxygen atoms in total. The summed E-state index contributed by atoms with van der Waals surface area (Å²) in [5, 5.41) is 0. The maximum absolute atomic E-state index is 14.0. The summed E-state index contributed by atoms with van der Waals surface area (Å²) in [6, 6.07) is 2.00. The van der Waals surface area contributed by atoms with Crippen molar-refractivity contribution < 1.29 is 31.8 Å². The quantitative estimate of drug-likeness (QED) is 0.779. The zero-order chi connectivity index (χ0) is 17.5. The molecule has 0 N–H and O–H groups in total. The summed E-state index contributed by atoms with van der Waals surface area (Å²) >= 11 is 0. The SMILES string of the molecule is CC(=O)[C@@H]1OC(C)(C)[C@@H](C)[C@H]1c1ccc(F)c(F)c1OC(F)F. The molecular weight excluding hydrogens is 316 g/mol. The number of ether oxygens (including phenoxy) is 2. The van der Waals surface area contributed by atoms with Crippen molar-refractivity contribution in [2.75, 3.05) is 0 Å². The molecule has 1 fully saturated rings. The summed E-state index contributed by atoms with van der Waals surface area (Å²) in [6.07, 6.45) is -0.940. The van der Waals surface area contributed by atoms with E-state index in [-0.39, 0.29) is 17.3 Å². The van der Waals surface area contributed by atoms with Gasteiger partial charge in [-0.25, -0.2) is 4.39 Å². The van der Waals surface area contributed by atoms with Gasteiger partial charge in [-0.05, 0) is 32.8 Å². The molecule has 0 aliphatic carbocycles. The fourth-order valence-electron chi connectivity index (χ4n) is 2.99. The lowest BCUT2D eigenvalue weighted by molar-refractivity contribution is -0.131. The predicted molar refractivity (Wildman–Crippen MR) is 74.5 cm³/mol. The molecule has 23 heavy (non-hydrogen) atoms. The van der Waals surface area contributed by atoms with Crippen LogP contribution in [0.2, 0.25) is 0 Å². The summed E-state index contributed by atoms with van der Waals surface area (Å²) < 4.78 is 62.5. The fourth-order valence-corrected chi connectivity index (χ4v) is 2.99. The Morgan fingerprint density at radius 2 is 1.91 bits per heavy atom. The lowest BCUT2D eigenvalue weighted by Crippen LogP contribution is -2.27. The molecule has 128 valence electrons. The number of benzene rings is 1. The topological polar surface area (TPSA) is 35.5 Å². The molecule has 0 amide bonds. The van der Waals surface area contributed by atoms with Crippen LogP contribution in [0.4, 0.5) is 17.6 Å². The highest BCUT2D eigenvalue weighted by atomic mass is 19.3. The van der Waals surface area contributed by atoms with Gasteiger partial charge in [0.05, 0.1) is 5.60 Å². The maximum Gasteiger partial charge on any atom is 0.387 e. The first-order valence-electron chi connectivity index (χ1n) is 7.17. The zero-order valence-corrected chi connectivity index (χ0v) is 13.2. The van der Waals surface area contributed by atoms with E-state index in [2.05, 4.69) is 4.74 Å². The van der Waals surface area contributed by atoms with E-state index in [0.29, 0.717) is 0 Å². The maximum atomic E-state index is 14.0. The van der Waals surface area contributed by atoms with Crippen molar-refractivity contribution in [2.45, 2.75) is 51.9 Å². The first-order valence-corrected chi connectivity index (χ1v) is 7.17. The number of halogens is 4. The van der Waals surface area contributed by atoms with Gasteiger partial charge in [-0.15, -0.1) is 0 Å². The molecule has 0 spiro atoms. The molecule has 1 aliphatic rings. The Balaban J connectivity index is 2.59. The number of carbonyl (C=O) groups excluding carboxylic acids is 1. The van der Waals surface area contributed by atoms with Crippen molar-refractivity contribution in [1.82, 2.24) is 0 Å². The van der Waals surface area contributed by atoms with Gasteiger partial charge >= 0.3 is 6.61 Å². The van der Waals surface area contributed by atoms with Crippen LogP contribution in [0, 0.1) is 17.6 Å². The third-order valence-electron chi connectivity index (χ3n) is 4.44. The lowest BCUT2D eigenvalue weighted by Gasteiger charge is -2.26. The molecule has 1 aromatic carbocycles. The van der Waals surface area contributed by atoms with Gasteiger partial charge in [0.25, 0.3) is 0 Å². The molecule has 3 atom stereocenters. The fraction of sp³-hybridized carbons (Fsp3) is 0.562.